The molecule has 4 nitrogen and oxygen atoms in total. The summed E-state index contributed by atoms with van der Waals surface area (Å²) in [5.41, 5.74) is -0.184. The minimum Gasteiger partial charge on any atom is -0.358 e. The first-order chi connectivity index (χ1) is 7.59. The molecule has 1 rings (SSSR count). The molecule has 1 unspecified atom stereocenters. The Morgan fingerprint density at radius 2 is 1.76 bits per heavy atom. The van der Waals surface area contributed by atoms with Crippen LogP contribution in [-0.4, -0.2) is 16.8 Å². The van der Waals surface area contributed by atoms with Crippen LogP contribution >= 0.6 is 0 Å². The normalized spacial score (nSPS) is 15.1. The van der Waals surface area contributed by atoms with E-state index in [1.54, 1.807) is 0 Å². The van der Waals surface area contributed by atoms with E-state index in [0.29, 0.717) is 0 Å². The first kappa shape index (κ1) is 14.2. The largest absolute Gasteiger partial charge is 0.358 e. The Kier molecular flexibility index (Phi) is 3.69. The van der Waals surface area contributed by atoms with Crippen molar-refractivity contribution in [2.75, 3.05) is 7.11 Å². The Labute approximate surface area is 104 Å². The fourth-order valence-electron chi connectivity index (χ4n) is 1.88. The molecular weight excluding hydrogens is 216 g/mol. The maximum Gasteiger partial charge on any atom is 0.315 e. The van der Waals surface area contributed by atoms with Crippen LogP contribution in [0.3, 0.4) is 0 Å². The Bertz CT molecular complexity index is 352. The lowest BCUT2D eigenvalue weighted by atomic mass is 10.1. The van der Waals surface area contributed by atoms with E-state index in [1.165, 1.54) is 7.11 Å². The predicted octanol–water partition coefficient (Wildman–Crippen LogP) is 1.92. The smallest absolute Gasteiger partial charge is 0.315 e. The van der Waals surface area contributed by atoms with Gasteiger partial charge in [0, 0.05) is 7.11 Å². The molecule has 0 aromatic carbocycles. The van der Waals surface area contributed by atoms with E-state index in [9.17, 15) is 5.11 Å². The molecule has 0 radical (unpaired) electrons. The van der Waals surface area contributed by atoms with Gasteiger partial charge in [-0.1, -0.05) is 0 Å². The average Bonchev–Trinajstić information content (AvgIpc) is 2.58. The number of rotatable bonds is 2. The Morgan fingerprint density at radius 1 is 1.24 bits per heavy atom. The molecule has 0 bridgehead atoms. The van der Waals surface area contributed by atoms with Crippen molar-refractivity contribution < 1.29 is 14.4 Å². The van der Waals surface area contributed by atoms with E-state index < -0.39 is 6.29 Å². The third-order valence-electron chi connectivity index (χ3n) is 2.75. The van der Waals surface area contributed by atoms with Crippen LogP contribution in [-0.2, 0) is 15.8 Å². The second kappa shape index (κ2) is 4.42. The Hall–Kier alpha value is -0.870. The van der Waals surface area contributed by atoms with Gasteiger partial charge in [0.25, 0.3) is 6.29 Å². The lowest BCUT2D eigenvalue weighted by Gasteiger charge is -2.23. The monoisotopic (exact) mass is 241 g/mol. The maximum absolute atomic E-state index is 10.0. The molecule has 0 amide bonds. The van der Waals surface area contributed by atoms with Crippen molar-refractivity contribution in [2.45, 2.75) is 58.9 Å². The van der Waals surface area contributed by atoms with Crippen LogP contribution in [0.2, 0.25) is 0 Å². The number of hydrogen-bond acceptors (Lipinski definition) is 2. The molecule has 0 aliphatic heterocycles. The summed E-state index contributed by atoms with van der Waals surface area (Å²) in [7, 11) is 1.51. The zero-order valence-electron chi connectivity index (χ0n) is 12.0. The quantitative estimate of drug-likeness (QED) is 0.634. The highest BCUT2D eigenvalue weighted by Gasteiger charge is 2.36. The summed E-state index contributed by atoms with van der Waals surface area (Å²) >= 11 is 0. The molecule has 98 valence electrons. The standard InChI is InChI=1S/C13H25N2O2/c1-12(2,3)14-8-9-15(13(4,5)6)10(14)11(16)17-7/h8-9,11,16H,1-7H3/q+1. The summed E-state index contributed by atoms with van der Waals surface area (Å²) in [5, 5.41) is 10.0. The molecule has 0 aliphatic carbocycles. The van der Waals surface area contributed by atoms with E-state index in [0.717, 1.165) is 5.82 Å². The molecule has 0 spiro atoms. The van der Waals surface area contributed by atoms with Crippen LogP contribution in [0.5, 0.6) is 0 Å². The van der Waals surface area contributed by atoms with Gasteiger partial charge in [-0.25, -0.2) is 9.13 Å². The molecule has 0 aliphatic rings. The molecule has 0 fully saturated rings. The molecule has 1 atom stereocenters. The van der Waals surface area contributed by atoms with Gasteiger partial charge in [-0.2, -0.15) is 0 Å². The third-order valence-corrected chi connectivity index (χ3v) is 2.75. The molecule has 17 heavy (non-hydrogen) atoms. The number of aliphatic hydroxyl groups is 1. The fourth-order valence-corrected chi connectivity index (χ4v) is 1.88. The molecule has 0 saturated heterocycles. The van der Waals surface area contributed by atoms with Crippen LogP contribution < -0.4 is 4.57 Å². The van der Waals surface area contributed by atoms with E-state index >= 15 is 0 Å². The predicted molar refractivity (Wildman–Crippen MR) is 66.6 cm³/mol. The molecule has 1 heterocycles. The lowest BCUT2D eigenvalue weighted by Crippen LogP contribution is -2.53. The summed E-state index contributed by atoms with van der Waals surface area (Å²) in [6.45, 7) is 12.6. The van der Waals surface area contributed by atoms with Crippen LogP contribution in [0.4, 0.5) is 0 Å². The molecule has 1 aromatic rings. The van der Waals surface area contributed by atoms with Crippen molar-refractivity contribution in [3.05, 3.63) is 18.2 Å². The van der Waals surface area contributed by atoms with E-state index in [1.807, 2.05) is 21.5 Å². The number of ether oxygens (including phenoxy) is 1. The zero-order chi connectivity index (χ0) is 13.4. The van der Waals surface area contributed by atoms with Gasteiger partial charge in [-0.3, -0.25) is 0 Å². The Balaban J connectivity index is 3.41. The lowest BCUT2D eigenvalue weighted by molar-refractivity contribution is -0.765. The first-order valence-corrected chi connectivity index (χ1v) is 5.93. The highest BCUT2D eigenvalue weighted by atomic mass is 16.6. The van der Waals surface area contributed by atoms with Crippen LogP contribution in [0.25, 0.3) is 0 Å². The van der Waals surface area contributed by atoms with Crippen molar-refractivity contribution in [3.63, 3.8) is 0 Å². The molecular formula is C13H25N2O2+. The fraction of sp³-hybridized carbons (Fsp3) is 0.769. The van der Waals surface area contributed by atoms with Crippen molar-refractivity contribution in [1.29, 1.82) is 0 Å². The summed E-state index contributed by atoms with van der Waals surface area (Å²) in [5.74, 6) is 0.771. The number of nitrogens with zero attached hydrogens (tertiary/aromatic N) is 2. The van der Waals surface area contributed by atoms with E-state index in [4.69, 9.17) is 4.74 Å². The topological polar surface area (TPSA) is 38.3 Å². The van der Waals surface area contributed by atoms with Gasteiger partial charge in [0.2, 0.25) is 0 Å². The third kappa shape index (κ3) is 2.87. The highest BCUT2D eigenvalue weighted by Crippen LogP contribution is 2.22. The minimum atomic E-state index is -0.913. The zero-order valence-corrected chi connectivity index (χ0v) is 12.0. The van der Waals surface area contributed by atoms with Gasteiger partial charge in [0.1, 0.15) is 23.5 Å². The summed E-state index contributed by atoms with van der Waals surface area (Å²) in [6, 6.07) is 0. The Morgan fingerprint density at radius 3 is 2.12 bits per heavy atom. The van der Waals surface area contributed by atoms with Gasteiger partial charge in [0.05, 0.1) is 0 Å². The van der Waals surface area contributed by atoms with Gasteiger partial charge >= 0.3 is 5.82 Å². The van der Waals surface area contributed by atoms with Crippen molar-refractivity contribution in [3.8, 4) is 0 Å². The van der Waals surface area contributed by atoms with E-state index in [-0.39, 0.29) is 11.1 Å². The van der Waals surface area contributed by atoms with Crippen molar-refractivity contribution in [2.24, 2.45) is 0 Å². The van der Waals surface area contributed by atoms with Gasteiger partial charge in [-0.05, 0) is 41.5 Å². The van der Waals surface area contributed by atoms with Crippen LogP contribution in [0.15, 0.2) is 12.4 Å². The summed E-state index contributed by atoms with van der Waals surface area (Å²) in [4.78, 5) is 0. The number of imidazole rings is 1. The number of aliphatic hydroxyl groups excluding tert-OH is 1. The molecule has 1 N–H and O–H groups in total. The second-order valence-electron chi connectivity index (χ2n) is 6.33. The SMILES string of the molecule is COC(O)c1n(C(C)(C)C)cc[n+]1C(C)(C)C. The molecule has 0 saturated carbocycles. The minimum absolute atomic E-state index is 0.0919. The van der Waals surface area contributed by atoms with Crippen molar-refractivity contribution in [1.82, 2.24) is 4.57 Å². The number of methoxy groups -OCH3 is 1. The van der Waals surface area contributed by atoms with Crippen LogP contribution in [0.1, 0.15) is 53.7 Å². The summed E-state index contributed by atoms with van der Waals surface area (Å²) < 4.78 is 9.18. The second-order valence-corrected chi connectivity index (χ2v) is 6.33. The maximum atomic E-state index is 10.0. The number of hydrogen-bond donors (Lipinski definition) is 1. The highest BCUT2D eigenvalue weighted by molar-refractivity contribution is 4.93. The van der Waals surface area contributed by atoms with Gasteiger partial charge in [0.15, 0.2) is 0 Å². The summed E-state index contributed by atoms with van der Waals surface area (Å²) in [6.07, 6.45) is 3.06. The average molecular weight is 241 g/mol. The number of aromatic nitrogens is 2. The molecule has 1 aromatic heterocycles. The van der Waals surface area contributed by atoms with Crippen molar-refractivity contribution >= 4 is 0 Å². The van der Waals surface area contributed by atoms with Crippen LogP contribution in [0, 0.1) is 0 Å². The first-order valence-electron chi connectivity index (χ1n) is 5.93. The van der Waals surface area contributed by atoms with E-state index in [2.05, 4.69) is 41.5 Å². The molecule has 4 heteroatoms. The van der Waals surface area contributed by atoms with Gasteiger partial charge < -0.3 is 9.84 Å². The van der Waals surface area contributed by atoms with Gasteiger partial charge in [-0.15, -0.1) is 0 Å².